The number of aliphatic imine (C=N–C) groups is 1. The van der Waals surface area contributed by atoms with Crippen molar-refractivity contribution in [2.45, 2.75) is 38.8 Å². The van der Waals surface area contributed by atoms with Crippen LogP contribution in [0, 0.1) is 0 Å². The lowest BCUT2D eigenvalue weighted by Crippen LogP contribution is -2.51. The molecular formula is C20H30IN5OS. The summed E-state index contributed by atoms with van der Waals surface area (Å²) in [6, 6.07) is 8.63. The van der Waals surface area contributed by atoms with Crippen LogP contribution in [0.1, 0.15) is 29.7 Å². The Balaban J connectivity index is 0.00000280. The zero-order valence-corrected chi connectivity index (χ0v) is 19.9. The number of thiazole rings is 1. The second kappa shape index (κ2) is 11.5. The van der Waals surface area contributed by atoms with E-state index in [2.05, 4.69) is 44.6 Å². The summed E-state index contributed by atoms with van der Waals surface area (Å²) in [5.41, 5.74) is 1.21. The fourth-order valence-electron chi connectivity index (χ4n) is 3.28. The standard InChI is InChI=1S/C20H29N5OS.HI/c1-4-18-12-22-19(27-18)13-23-20(21-2)24-15-7-6-10-25(14-15)16-8-5-9-17(11-16)26-3;/h5,8-9,11-12,15H,4,6-7,10,13-14H2,1-3H3,(H2,21,23,24);1H. The van der Waals surface area contributed by atoms with Gasteiger partial charge in [-0.15, -0.1) is 35.3 Å². The third-order valence-electron chi connectivity index (χ3n) is 4.76. The van der Waals surface area contributed by atoms with Crippen LogP contribution in [0.2, 0.25) is 0 Å². The summed E-state index contributed by atoms with van der Waals surface area (Å²) in [7, 11) is 3.53. The minimum Gasteiger partial charge on any atom is -0.497 e. The number of rotatable bonds is 6. The Morgan fingerprint density at radius 2 is 2.29 bits per heavy atom. The molecule has 1 aromatic carbocycles. The van der Waals surface area contributed by atoms with Gasteiger partial charge in [0.05, 0.1) is 13.7 Å². The first-order valence-electron chi connectivity index (χ1n) is 9.51. The van der Waals surface area contributed by atoms with Gasteiger partial charge in [0, 0.05) is 49.0 Å². The Labute approximate surface area is 188 Å². The highest BCUT2D eigenvalue weighted by Crippen LogP contribution is 2.24. The van der Waals surface area contributed by atoms with E-state index in [4.69, 9.17) is 4.74 Å². The molecule has 1 atom stereocenters. The van der Waals surface area contributed by atoms with Gasteiger partial charge in [0.15, 0.2) is 5.96 Å². The number of piperidine rings is 1. The first-order valence-corrected chi connectivity index (χ1v) is 10.3. The SMILES string of the molecule is CCc1cnc(CNC(=NC)NC2CCCN(c3cccc(OC)c3)C2)s1.I. The Morgan fingerprint density at radius 3 is 3.00 bits per heavy atom. The maximum Gasteiger partial charge on any atom is 0.191 e. The number of methoxy groups -OCH3 is 1. The predicted molar refractivity (Wildman–Crippen MR) is 128 cm³/mol. The van der Waals surface area contributed by atoms with Crippen molar-refractivity contribution in [1.29, 1.82) is 0 Å². The molecule has 8 heteroatoms. The van der Waals surface area contributed by atoms with Gasteiger partial charge in [-0.2, -0.15) is 0 Å². The number of aryl methyl sites for hydroxylation is 1. The lowest BCUT2D eigenvalue weighted by molar-refractivity contribution is 0.414. The normalized spacial score (nSPS) is 17.0. The second-order valence-corrected chi connectivity index (χ2v) is 7.83. The van der Waals surface area contributed by atoms with Gasteiger partial charge in [-0.3, -0.25) is 4.99 Å². The molecule has 3 rings (SSSR count). The van der Waals surface area contributed by atoms with Gasteiger partial charge in [-0.1, -0.05) is 13.0 Å². The minimum atomic E-state index is 0. The van der Waals surface area contributed by atoms with E-state index in [1.54, 1.807) is 18.4 Å². The molecule has 0 amide bonds. The van der Waals surface area contributed by atoms with Crippen LogP contribution < -0.4 is 20.3 Å². The Morgan fingerprint density at radius 1 is 1.43 bits per heavy atom. The van der Waals surface area contributed by atoms with Gasteiger partial charge in [-0.05, 0) is 31.4 Å². The molecule has 6 nitrogen and oxygen atoms in total. The van der Waals surface area contributed by atoms with Crippen LogP contribution >= 0.6 is 35.3 Å². The number of hydrogen-bond donors (Lipinski definition) is 2. The number of aromatic nitrogens is 1. The Hall–Kier alpha value is -1.55. The molecule has 1 unspecified atom stereocenters. The molecule has 0 radical (unpaired) electrons. The summed E-state index contributed by atoms with van der Waals surface area (Å²) >= 11 is 1.76. The molecule has 2 heterocycles. The highest BCUT2D eigenvalue weighted by atomic mass is 127. The van der Waals surface area contributed by atoms with Gasteiger partial charge in [-0.25, -0.2) is 4.98 Å². The molecular weight excluding hydrogens is 485 g/mol. The first kappa shape index (κ1) is 22.7. The molecule has 154 valence electrons. The van der Waals surface area contributed by atoms with Crippen molar-refractivity contribution >= 4 is 47.0 Å². The summed E-state index contributed by atoms with van der Waals surface area (Å²) in [6.45, 7) is 4.88. The molecule has 1 aliphatic heterocycles. The van der Waals surface area contributed by atoms with Crippen molar-refractivity contribution in [3.8, 4) is 5.75 Å². The van der Waals surface area contributed by atoms with Crippen LogP contribution in [0.3, 0.4) is 0 Å². The van der Waals surface area contributed by atoms with E-state index in [-0.39, 0.29) is 24.0 Å². The predicted octanol–water partition coefficient (Wildman–Crippen LogP) is 3.67. The smallest absolute Gasteiger partial charge is 0.191 e. The zero-order chi connectivity index (χ0) is 19.1. The van der Waals surface area contributed by atoms with E-state index in [9.17, 15) is 0 Å². The van der Waals surface area contributed by atoms with Gasteiger partial charge >= 0.3 is 0 Å². The molecule has 0 bridgehead atoms. The van der Waals surface area contributed by atoms with Crippen molar-refractivity contribution in [3.63, 3.8) is 0 Å². The highest BCUT2D eigenvalue weighted by Gasteiger charge is 2.21. The van der Waals surface area contributed by atoms with Crippen molar-refractivity contribution in [3.05, 3.63) is 40.3 Å². The number of halogens is 1. The molecule has 1 saturated heterocycles. The Kier molecular flexibility index (Phi) is 9.30. The summed E-state index contributed by atoms with van der Waals surface area (Å²) in [5.74, 6) is 1.73. The van der Waals surface area contributed by atoms with Gasteiger partial charge in [0.1, 0.15) is 10.8 Å². The van der Waals surface area contributed by atoms with Crippen LogP contribution in [-0.2, 0) is 13.0 Å². The maximum absolute atomic E-state index is 5.36. The van der Waals surface area contributed by atoms with Crippen molar-refractivity contribution in [2.75, 3.05) is 32.1 Å². The van der Waals surface area contributed by atoms with E-state index < -0.39 is 0 Å². The van der Waals surface area contributed by atoms with Crippen LogP contribution in [0.5, 0.6) is 5.75 Å². The number of nitrogens with one attached hydrogen (secondary N) is 2. The number of guanidine groups is 1. The van der Waals surface area contributed by atoms with Crippen LogP contribution in [0.4, 0.5) is 5.69 Å². The molecule has 0 spiro atoms. The molecule has 1 aliphatic rings. The van der Waals surface area contributed by atoms with Crippen molar-refractivity contribution in [2.24, 2.45) is 4.99 Å². The molecule has 0 aliphatic carbocycles. The topological polar surface area (TPSA) is 61.8 Å². The number of anilines is 1. The van der Waals surface area contributed by atoms with E-state index in [0.717, 1.165) is 49.1 Å². The lowest BCUT2D eigenvalue weighted by atomic mass is 10.0. The first-order chi connectivity index (χ1) is 13.2. The quantitative estimate of drug-likeness (QED) is 0.350. The molecule has 28 heavy (non-hydrogen) atoms. The number of hydrogen-bond acceptors (Lipinski definition) is 5. The van der Waals surface area contributed by atoms with Gasteiger partial charge in [0.25, 0.3) is 0 Å². The second-order valence-electron chi connectivity index (χ2n) is 6.63. The monoisotopic (exact) mass is 515 g/mol. The van der Waals surface area contributed by atoms with Crippen LogP contribution in [0.25, 0.3) is 0 Å². The third-order valence-corrected chi connectivity index (χ3v) is 5.90. The molecule has 1 aromatic heterocycles. The number of nitrogens with zero attached hydrogens (tertiary/aromatic N) is 3. The van der Waals surface area contributed by atoms with E-state index in [0.29, 0.717) is 12.6 Å². The van der Waals surface area contributed by atoms with E-state index in [1.165, 1.54) is 10.6 Å². The average Bonchev–Trinajstić information content (AvgIpc) is 3.19. The Bertz CT molecular complexity index is 767. The van der Waals surface area contributed by atoms with Crippen molar-refractivity contribution in [1.82, 2.24) is 15.6 Å². The number of benzene rings is 1. The van der Waals surface area contributed by atoms with Gasteiger partial charge < -0.3 is 20.3 Å². The fourth-order valence-corrected chi connectivity index (χ4v) is 4.08. The summed E-state index contributed by atoms with van der Waals surface area (Å²) < 4.78 is 5.36. The van der Waals surface area contributed by atoms with Crippen molar-refractivity contribution < 1.29 is 4.74 Å². The number of ether oxygens (including phenoxy) is 1. The fraction of sp³-hybridized carbons (Fsp3) is 0.500. The summed E-state index contributed by atoms with van der Waals surface area (Å²) in [5, 5.41) is 8.05. The largest absolute Gasteiger partial charge is 0.497 e. The van der Waals surface area contributed by atoms with E-state index in [1.807, 2.05) is 25.4 Å². The summed E-state index contributed by atoms with van der Waals surface area (Å²) in [4.78, 5) is 12.6. The lowest BCUT2D eigenvalue weighted by Gasteiger charge is -2.35. The molecule has 2 N–H and O–H groups in total. The van der Waals surface area contributed by atoms with E-state index >= 15 is 0 Å². The average molecular weight is 515 g/mol. The maximum atomic E-state index is 5.36. The molecule has 1 fully saturated rings. The minimum absolute atomic E-state index is 0. The highest BCUT2D eigenvalue weighted by molar-refractivity contribution is 14.0. The zero-order valence-electron chi connectivity index (χ0n) is 16.8. The molecule has 2 aromatic rings. The van der Waals surface area contributed by atoms with Crippen LogP contribution in [0.15, 0.2) is 35.5 Å². The third kappa shape index (κ3) is 6.23. The van der Waals surface area contributed by atoms with Gasteiger partial charge in [0.2, 0.25) is 0 Å². The summed E-state index contributed by atoms with van der Waals surface area (Å²) in [6.07, 6.45) is 5.29. The molecule has 0 saturated carbocycles. The van der Waals surface area contributed by atoms with Crippen LogP contribution in [-0.4, -0.2) is 44.2 Å².